The highest BCUT2D eigenvalue weighted by Gasteiger charge is 2.40. The van der Waals surface area contributed by atoms with E-state index in [-0.39, 0.29) is 18.6 Å². The number of alkyl carbamates (subject to hydrolysis) is 1. The largest absolute Gasteiger partial charge is 0.445 e. The van der Waals surface area contributed by atoms with E-state index in [1.807, 2.05) is 30.3 Å². The van der Waals surface area contributed by atoms with E-state index in [1.54, 1.807) is 6.07 Å². The summed E-state index contributed by atoms with van der Waals surface area (Å²) in [4.78, 5) is 11.7. The number of rotatable bonds is 4. The Morgan fingerprint density at radius 1 is 1.14 bits per heavy atom. The summed E-state index contributed by atoms with van der Waals surface area (Å²) in [5.74, 6) is -1.72. The molecule has 1 saturated carbocycles. The van der Waals surface area contributed by atoms with Crippen molar-refractivity contribution in [3.8, 4) is 0 Å². The summed E-state index contributed by atoms with van der Waals surface area (Å²) < 4.78 is 31.2. The minimum absolute atomic E-state index is 0.0133. The van der Waals surface area contributed by atoms with Crippen LogP contribution in [-0.2, 0) is 11.3 Å². The molecule has 114 valence electrons. The van der Waals surface area contributed by atoms with Gasteiger partial charge >= 0.3 is 6.09 Å². The van der Waals surface area contributed by atoms with Gasteiger partial charge in [-0.15, -0.1) is 0 Å². The maximum absolute atomic E-state index is 13.2. The molecule has 0 bridgehead atoms. The third-order valence-electron chi connectivity index (χ3n) is 3.68. The van der Waals surface area contributed by atoms with Crippen molar-refractivity contribution in [3.05, 3.63) is 71.3 Å². The molecule has 2 aromatic rings. The summed E-state index contributed by atoms with van der Waals surface area (Å²) in [5.41, 5.74) is 1.60. The lowest BCUT2D eigenvalue weighted by Gasteiger charge is -2.07. The van der Waals surface area contributed by atoms with Gasteiger partial charge in [-0.2, -0.15) is 0 Å². The molecule has 0 heterocycles. The van der Waals surface area contributed by atoms with Gasteiger partial charge in [-0.1, -0.05) is 36.4 Å². The Morgan fingerprint density at radius 2 is 1.91 bits per heavy atom. The van der Waals surface area contributed by atoms with Gasteiger partial charge in [0.2, 0.25) is 0 Å². The second-order valence-corrected chi connectivity index (χ2v) is 5.33. The van der Waals surface area contributed by atoms with Crippen LogP contribution in [-0.4, -0.2) is 12.1 Å². The van der Waals surface area contributed by atoms with Crippen LogP contribution in [0.1, 0.15) is 23.5 Å². The van der Waals surface area contributed by atoms with E-state index in [1.165, 1.54) is 6.07 Å². The van der Waals surface area contributed by atoms with Crippen molar-refractivity contribution in [2.75, 3.05) is 0 Å². The van der Waals surface area contributed by atoms with Gasteiger partial charge in [0, 0.05) is 12.0 Å². The van der Waals surface area contributed by atoms with Gasteiger partial charge in [0.25, 0.3) is 0 Å². The first-order chi connectivity index (χ1) is 10.6. The molecule has 1 fully saturated rings. The minimum atomic E-state index is -0.866. The fourth-order valence-corrected chi connectivity index (χ4v) is 2.38. The van der Waals surface area contributed by atoms with E-state index in [2.05, 4.69) is 5.32 Å². The number of ether oxygens (including phenoxy) is 1. The molecular formula is C17H15F2NO2. The van der Waals surface area contributed by atoms with Gasteiger partial charge in [0.1, 0.15) is 6.61 Å². The Hall–Kier alpha value is -2.43. The molecule has 2 atom stereocenters. The highest BCUT2D eigenvalue weighted by molar-refractivity contribution is 5.68. The third-order valence-corrected chi connectivity index (χ3v) is 3.68. The molecule has 1 aliphatic carbocycles. The monoisotopic (exact) mass is 303 g/mol. The molecular weight excluding hydrogens is 288 g/mol. The lowest BCUT2D eigenvalue weighted by molar-refractivity contribution is 0.139. The van der Waals surface area contributed by atoms with E-state index >= 15 is 0 Å². The number of benzene rings is 2. The molecule has 0 aromatic heterocycles. The Labute approximate surface area is 126 Å². The molecule has 3 rings (SSSR count). The molecule has 22 heavy (non-hydrogen) atoms. The predicted octanol–water partition coefficient (Wildman–Crippen LogP) is 3.75. The van der Waals surface area contributed by atoms with Crippen LogP contribution < -0.4 is 5.32 Å². The highest BCUT2D eigenvalue weighted by Crippen LogP contribution is 2.41. The third kappa shape index (κ3) is 3.42. The van der Waals surface area contributed by atoms with Gasteiger partial charge in [-0.25, -0.2) is 13.6 Å². The normalized spacial score (nSPS) is 19.5. The SMILES string of the molecule is O=C(N[C@@H]1C[C@H]1c1ccc(F)c(F)c1)OCc1ccccc1. The quantitative estimate of drug-likeness (QED) is 0.934. The zero-order valence-electron chi connectivity index (χ0n) is 11.8. The summed E-state index contributed by atoms with van der Waals surface area (Å²) in [6.45, 7) is 0.204. The molecule has 2 aromatic carbocycles. The van der Waals surface area contributed by atoms with Crippen LogP contribution >= 0.6 is 0 Å². The molecule has 0 unspecified atom stereocenters. The number of hydrogen-bond donors (Lipinski definition) is 1. The molecule has 5 heteroatoms. The maximum Gasteiger partial charge on any atom is 0.407 e. The van der Waals surface area contributed by atoms with Crippen LogP contribution in [0.15, 0.2) is 48.5 Å². The van der Waals surface area contributed by atoms with Crippen LogP contribution in [0.25, 0.3) is 0 Å². The number of nitrogens with one attached hydrogen (secondary N) is 1. The summed E-state index contributed by atoms with van der Waals surface area (Å²) in [6.07, 6.45) is 0.199. The number of amides is 1. The van der Waals surface area contributed by atoms with E-state index in [0.717, 1.165) is 11.6 Å². The molecule has 1 aliphatic rings. The van der Waals surface area contributed by atoms with Crippen LogP contribution in [0.4, 0.5) is 13.6 Å². The highest BCUT2D eigenvalue weighted by atomic mass is 19.2. The van der Waals surface area contributed by atoms with Crippen molar-refractivity contribution >= 4 is 6.09 Å². The Bertz CT molecular complexity index is 676. The molecule has 1 N–H and O–H groups in total. The minimum Gasteiger partial charge on any atom is -0.445 e. The fraction of sp³-hybridized carbons (Fsp3) is 0.235. The summed E-state index contributed by atoms with van der Waals surface area (Å²) >= 11 is 0. The lowest BCUT2D eigenvalue weighted by atomic mass is 10.1. The van der Waals surface area contributed by atoms with E-state index in [4.69, 9.17) is 4.74 Å². The fourth-order valence-electron chi connectivity index (χ4n) is 2.38. The lowest BCUT2D eigenvalue weighted by Crippen LogP contribution is -2.27. The van der Waals surface area contributed by atoms with Crippen LogP contribution in [0, 0.1) is 11.6 Å². The summed E-state index contributed by atoms with van der Waals surface area (Å²) in [5, 5.41) is 2.73. The van der Waals surface area contributed by atoms with Crippen molar-refractivity contribution in [1.29, 1.82) is 0 Å². The molecule has 0 spiro atoms. The van der Waals surface area contributed by atoms with Crippen LogP contribution in [0.5, 0.6) is 0 Å². The Kier molecular flexibility index (Phi) is 4.04. The van der Waals surface area contributed by atoms with Gasteiger partial charge in [-0.3, -0.25) is 0 Å². The Morgan fingerprint density at radius 3 is 2.64 bits per heavy atom. The van der Waals surface area contributed by atoms with E-state index in [0.29, 0.717) is 12.0 Å². The maximum atomic E-state index is 13.2. The van der Waals surface area contributed by atoms with Gasteiger partial charge in [-0.05, 0) is 29.7 Å². The molecule has 0 radical (unpaired) electrons. The standard InChI is InChI=1S/C17H15F2NO2/c18-14-7-6-12(8-15(14)19)13-9-16(13)20-17(21)22-10-11-4-2-1-3-5-11/h1-8,13,16H,9-10H2,(H,20,21)/t13-,16+/m0/s1. The van der Waals surface area contributed by atoms with E-state index < -0.39 is 17.7 Å². The molecule has 3 nitrogen and oxygen atoms in total. The average Bonchev–Trinajstić information content (AvgIpc) is 3.28. The van der Waals surface area contributed by atoms with E-state index in [9.17, 15) is 13.6 Å². The zero-order valence-corrected chi connectivity index (χ0v) is 11.8. The van der Waals surface area contributed by atoms with Gasteiger partial charge in [0.05, 0.1) is 0 Å². The first-order valence-corrected chi connectivity index (χ1v) is 7.05. The number of carbonyl (C=O) groups excluding carboxylic acids is 1. The van der Waals surface area contributed by atoms with Crippen molar-refractivity contribution in [2.45, 2.75) is 25.0 Å². The molecule has 0 saturated heterocycles. The molecule has 0 aliphatic heterocycles. The first-order valence-electron chi connectivity index (χ1n) is 7.05. The summed E-state index contributed by atoms with van der Waals surface area (Å²) in [7, 11) is 0. The van der Waals surface area contributed by atoms with Crippen molar-refractivity contribution in [2.24, 2.45) is 0 Å². The second kappa shape index (κ2) is 6.13. The summed E-state index contributed by atoms with van der Waals surface area (Å²) in [6, 6.07) is 13.1. The molecule has 1 amide bonds. The topological polar surface area (TPSA) is 38.3 Å². The second-order valence-electron chi connectivity index (χ2n) is 5.33. The van der Waals surface area contributed by atoms with Crippen LogP contribution in [0.3, 0.4) is 0 Å². The zero-order chi connectivity index (χ0) is 15.5. The predicted molar refractivity (Wildman–Crippen MR) is 77.3 cm³/mol. The van der Waals surface area contributed by atoms with Gasteiger partial charge < -0.3 is 10.1 Å². The number of halogens is 2. The smallest absolute Gasteiger partial charge is 0.407 e. The van der Waals surface area contributed by atoms with Crippen molar-refractivity contribution < 1.29 is 18.3 Å². The van der Waals surface area contributed by atoms with Gasteiger partial charge in [0.15, 0.2) is 11.6 Å². The van der Waals surface area contributed by atoms with Crippen LogP contribution in [0.2, 0.25) is 0 Å². The van der Waals surface area contributed by atoms with Crippen molar-refractivity contribution in [3.63, 3.8) is 0 Å². The average molecular weight is 303 g/mol. The Balaban J connectivity index is 1.48. The van der Waals surface area contributed by atoms with Crippen molar-refractivity contribution in [1.82, 2.24) is 5.32 Å². The first kappa shape index (κ1) is 14.5. The number of carbonyl (C=O) groups is 1. The number of hydrogen-bond acceptors (Lipinski definition) is 2.